The fraction of sp³-hybridized carbons (Fsp3) is 0.308. The Bertz CT molecular complexity index is 558. The summed E-state index contributed by atoms with van der Waals surface area (Å²) in [5, 5.41) is 11.7. The van der Waals surface area contributed by atoms with E-state index in [0.29, 0.717) is 11.3 Å². The molecule has 1 fully saturated rings. The Balaban J connectivity index is 2.03. The predicted octanol–water partition coefficient (Wildman–Crippen LogP) is 0.0114. The quantitative estimate of drug-likeness (QED) is 0.759. The predicted molar refractivity (Wildman–Crippen MR) is 70.7 cm³/mol. The van der Waals surface area contributed by atoms with Crippen LogP contribution in [-0.2, 0) is 16.2 Å². The number of hydrogen-bond acceptors (Lipinski definition) is 4. The summed E-state index contributed by atoms with van der Waals surface area (Å²) >= 11 is 0. The molecule has 1 aromatic rings. The van der Waals surface area contributed by atoms with Crippen molar-refractivity contribution in [2.75, 3.05) is 25.5 Å². The van der Waals surface area contributed by atoms with Crippen molar-refractivity contribution in [3.63, 3.8) is 0 Å². The topological polar surface area (TPSA) is 90.0 Å². The maximum Gasteiger partial charge on any atom is 0.327 e. The van der Waals surface area contributed by atoms with Gasteiger partial charge in [0.1, 0.15) is 13.1 Å². The van der Waals surface area contributed by atoms with Gasteiger partial charge in [-0.15, -0.1) is 0 Å². The van der Waals surface area contributed by atoms with Crippen LogP contribution in [0.25, 0.3) is 0 Å². The minimum Gasteiger partial charge on any atom is -0.392 e. The van der Waals surface area contributed by atoms with E-state index >= 15 is 0 Å². The SMILES string of the molecule is CN1CC(=O)N(CC(=O)Nc2ccccc2CO)C1=O. The second-order valence-electron chi connectivity index (χ2n) is 4.48. The van der Waals surface area contributed by atoms with Crippen molar-refractivity contribution >= 4 is 23.5 Å². The van der Waals surface area contributed by atoms with Gasteiger partial charge in [-0.05, 0) is 6.07 Å². The monoisotopic (exact) mass is 277 g/mol. The lowest BCUT2D eigenvalue weighted by Crippen LogP contribution is -2.38. The largest absolute Gasteiger partial charge is 0.392 e. The van der Waals surface area contributed by atoms with Gasteiger partial charge >= 0.3 is 6.03 Å². The summed E-state index contributed by atoms with van der Waals surface area (Å²) in [7, 11) is 1.50. The van der Waals surface area contributed by atoms with Crippen molar-refractivity contribution < 1.29 is 19.5 Å². The van der Waals surface area contributed by atoms with E-state index in [-0.39, 0.29) is 19.7 Å². The average molecular weight is 277 g/mol. The number of carbonyl (C=O) groups excluding carboxylic acids is 3. The molecular weight excluding hydrogens is 262 g/mol. The van der Waals surface area contributed by atoms with Crippen molar-refractivity contribution in [3.8, 4) is 0 Å². The summed E-state index contributed by atoms with van der Waals surface area (Å²) in [6.07, 6.45) is 0. The minimum absolute atomic E-state index is 0.0145. The molecule has 1 heterocycles. The molecule has 0 aliphatic carbocycles. The third-order valence-corrected chi connectivity index (χ3v) is 2.99. The summed E-state index contributed by atoms with van der Waals surface area (Å²) in [6, 6.07) is 6.29. The third-order valence-electron chi connectivity index (χ3n) is 2.99. The van der Waals surface area contributed by atoms with Gasteiger partial charge in [0, 0.05) is 18.3 Å². The number of para-hydroxylation sites is 1. The summed E-state index contributed by atoms with van der Waals surface area (Å²) < 4.78 is 0. The lowest BCUT2D eigenvalue weighted by molar-refractivity contribution is -0.129. The van der Waals surface area contributed by atoms with E-state index in [0.717, 1.165) is 4.90 Å². The van der Waals surface area contributed by atoms with E-state index in [4.69, 9.17) is 5.11 Å². The zero-order chi connectivity index (χ0) is 14.7. The third kappa shape index (κ3) is 2.77. The van der Waals surface area contributed by atoms with E-state index in [1.807, 2.05) is 0 Å². The lowest BCUT2D eigenvalue weighted by atomic mass is 10.2. The van der Waals surface area contributed by atoms with Crippen LogP contribution in [0.15, 0.2) is 24.3 Å². The molecule has 20 heavy (non-hydrogen) atoms. The van der Waals surface area contributed by atoms with Crippen LogP contribution >= 0.6 is 0 Å². The normalized spacial score (nSPS) is 14.9. The van der Waals surface area contributed by atoms with Crippen molar-refractivity contribution in [1.29, 1.82) is 0 Å². The summed E-state index contributed by atoms with van der Waals surface area (Å²) in [4.78, 5) is 37.2. The summed E-state index contributed by atoms with van der Waals surface area (Å²) in [6.45, 7) is -0.554. The molecule has 7 heteroatoms. The molecular formula is C13H15N3O4. The standard InChI is InChI=1S/C13H15N3O4/c1-15-7-12(19)16(13(15)20)6-11(18)14-10-5-3-2-4-9(10)8-17/h2-5,17H,6-8H2,1H3,(H,14,18). The molecule has 2 rings (SSSR count). The van der Waals surface area contributed by atoms with Gasteiger partial charge in [-0.3, -0.25) is 14.5 Å². The molecule has 0 bridgehead atoms. The Morgan fingerprint density at radius 2 is 2.05 bits per heavy atom. The number of rotatable bonds is 4. The van der Waals surface area contributed by atoms with Gasteiger partial charge in [0.2, 0.25) is 5.91 Å². The number of carbonyl (C=O) groups is 3. The van der Waals surface area contributed by atoms with Crippen LogP contribution < -0.4 is 5.32 Å². The van der Waals surface area contributed by atoms with E-state index in [2.05, 4.69) is 5.32 Å². The maximum absolute atomic E-state index is 11.9. The molecule has 0 saturated carbocycles. The van der Waals surface area contributed by atoms with Crippen molar-refractivity contribution in [2.24, 2.45) is 0 Å². The number of benzene rings is 1. The molecule has 2 N–H and O–H groups in total. The van der Waals surface area contributed by atoms with Crippen LogP contribution in [-0.4, -0.2) is 52.9 Å². The fourth-order valence-corrected chi connectivity index (χ4v) is 1.94. The van der Waals surface area contributed by atoms with Crippen molar-refractivity contribution in [2.45, 2.75) is 6.61 Å². The summed E-state index contributed by atoms with van der Waals surface area (Å²) in [5.41, 5.74) is 1.03. The molecule has 0 radical (unpaired) electrons. The van der Waals surface area contributed by atoms with Crippen LogP contribution in [0, 0.1) is 0 Å². The highest BCUT2D eigenvalue weighted by molar-refractivity contribution is 6.06. The first kappa shape index (κ1) is 14.0. The number of likely N-dealkylation sites (N-methyl/N-ethyl adjacent to an activating group) is 1. The Kier molecular flexibility index (Phi) is 3.99. The first-order valence-electron chi connectivity index (χ1n) is 6.07. The number of aliphatic hydroxyl groups is 1. The minimum atomic E-state index is -0.486. The molecule has 106 valence electrons. The molecule has 1 aromatic carbocycles. The number of aliphatic hydroxyl groups excluding tert-OH is 1. The lowest BCUT2D eigenvalue weighted by Gasteiger charge is -2.14. The van der Waals surface area contributed by atoms with Gasteiger partial charge in [0.15, 0.2) is 0 Å². The van der Waals surface area contributed by atoms with Gasteiger partial charge < -0.3 is 15.3 Å². The Morgan fingerprint density at radius 1 is 1.35 bits per heavy atom. The fourth-order valence-electron chi connectivity index (χ4n) is 1.94. The highest BCUT2D eigenvalue weighted by Crippen LogP contribution is 2.15. The number of urea groups is 1. The van der Waals surface area contributed by atoms with Crippen LogP contribution in [0.4, 0.5) is 10.5 Å². The van der Waals surface area contributed by atoms with E-state index < -0.39 is 17.8 Å². The molecule has 0 aromatic heterocycles. The number of amides is 4. The second kappa shape index (κ2) is 5.70. The molecule has 1 aliphatic rings. The number of anilines is 1. The number of imide groups is 1. The van der Waals surface area contributed by atoms with E-state index in [1.165, 1.54) is 11.9 Å². The van der Waals surface area contributed by atoms with Gasteiger partial charge in [0.05, 0.1) is 6.61 Å². The highest BCUT2D eigenvalue weighted by Gasteiger charge is 2.34. The molecule has 4 amide bonds. The molecule has 1 saturated heterocycles. The summed E-state index contributed by atoms with van der Waals surface area (Å²) in [5.74, 6) is -0.883. The van der Waals surface area contributed by atoms with E-state index in [9.17, 15) is 14.4 Å². The van der Waals surface area contributed by atoms with Gasteiger partial charge in [-0.25, -0.2) is 4.79 Å². The smallest absolute Gasteiger partial charge is 0.327 e. The molecule has 7 nitrogen and oxygen atoms in total. The molecule has 0 atom stereocenters. The van der Waals surface area contributed by atoms with Gasteiger partial charge in [0.25, 0.3) is 5.91 Å². The maximum atomic E-state index is 11.9. The zero-order valence-electron chi connectivity index (χ0n) is 11.0. The Labute approximate surface area is 115 Å². The van der Waals surface area contributed by atoms with Gasteiger partial charge in [-0.2, -0.15) is 0 Å². The van der Waals surface area contributed by atoms with Crippen LogP contribution in [0.3, 0.4) is 0 Å². The first-order chi connectivity index (χ1) is 9.52. The van der Waals surface area contributed by atoms with E-state index in [1.54, 1.807) is 24.3 Å². The van der Waals surface area contributed by atoms with Gasteiger partial charge in [-0.1, -0.05) is 18.2 Å². The Hall–Kier alpha value is -2.41. The number of nitrogens with zero attached hydrogens (tertiary/aromatic N) is 2. The average Bonchev–Trinajstić information content (AvgIpc) is 2.66. The van der Waals surface area contributed by atoms with Crippen molar-refractivity contribution in [1.82, 2.24) is 9.80 Å². The molecule has 0 unspecified atom stereocenters. The number of hydrogen-bond donors (Lipinski definition) is 2. The van der Waals surface area contributed by atoms with Crippen molar-refractivity contribution in [3.05, 3.63) is 29.8 Å². The first-order valence-corrected chi connectivity index (χ1v) is 6.07. The number of nitrogens with one attached hydrogen (secondary N) is 1. The Morgan fingerprint density at radius 3 is 2.65 bits per heavy atom. The van der Waals surface area contributed by atoms with Crippen LogP contribution in [0.2, 0.25) is 0 Å². The van der Waals surface area contributed by atoms with Crippen LogP contribution in [0.5, 0.6) is 0 Å². The van der Waals surface area contributed by atoms with Crippen LogP contribution in [0.1, 0.15) is 5.56 Å². The highest BCUT2D eigenvalue weighted by atomic mass is 16.3. The second-order valence-corrected chi connectivity index (χ2v) is 4.48. The zero-order valence-corrected chi connectivity index (χ0v) is 11.0. The molecule has 0 spiro atoms. The molecule has 1 aliphatic heterocycles.